The first kappa shape index (κ1) is 13.7. The molecule has 71 valence electrons. The zero-order chi connectivity index (χ0) is 10.0. The summed E-state index contributed by atoms with van der Waals surface area (Å²) in [6, 6.07) is 3.77. The maximum Gasteiger partial charge on any atom is 0.273 e. The molecule has 0 heterocycles. The van der Waals surface area contributed by atoms with Crippen LogP contribution < -0.4 is 0 Å². The fraction of sp³-hybridized carbons (Fsp3) is 0.143. The van der Waals surface area contributed by atoms with Gasteiger partial charge in [0.2, 0.25) is 0 Å². The molecule has 0 saturated carbocycles. The molecule has 5 nitrogen and oxygen atoms in total. The summed E-state index contributed by atoms with van der Waals surface area (Å²) in [7, 11) is 0. The van der Waals surface area contributed by atoms with Crippen molar-refractivity contribution in [3.63, 3.8) is 0 Å². The van der Waals surface area contributed by atoms with Crippen LogP contribution in [0.2, 0.25) is 0 Å². The Kier molecular flexibility index (Phi) is 5.46. The maximum atomic E-state index is 10.5. The van der Waals surface area contributed by atoms with E-state index in [4.69, 9.17) is 0 Å². The summed E-state index contributed by atoms with van der Waals surface area (Å²) >= 11 is -2.42. The largest absolute Gasteiger partial charge is 0.768 e. The quantitative estimate of drug-likeness (QED) is 0.320. The molecule has 0 aliphatic carbocycles. The average molecular weight is 223 g/mol. The van der Waals surface area contributed by atoms with Crippen LogP contribution >= 0.6 is 0 Å². The van der Waals surface area contributed by atoms with Crippen LogP contribution in [0.5, 0.6) is 0 Å². The Labute approximate surface area is 105 Å². The fourth-order valence-electron chi connectivity index (χ4n) is 0.890. The Morgan fingerprint density at radius 3 is 2.43 bits per heavy atom. The second-order valence-corrected chi connectivity index (χ2v) is 3.38. The first-order valence-corrected chi connectivity index (χ1v) is 4.44. The molecule has 1 aromatic carbocycles. The van der Waals surface area contributed by atoms with Gasteiger partial charge in [0.1, 0.15) is 0 Å². The van der Waals surface area contributed by atoms with Gasteiger partial charge in [0.15, 0.2) is 0 Å². The molecule has 0 saturated heterocycles. The maximum absolute atomic E-state index is 10.5. The minimum absolute atomic E-state index is 0. The van der Waals surface area contributed by atoms with Gasteiger partial charge in [0.05, 0.1) is 4.92 Å². The third kappa shape index (κ3) is 3.14. The van der Waals surface area contributed by atoms with E-state index in [9.17, 15) is 18.9 Å². The van der Waals surface area contributed by atoms with Gasteiger partial charge in [0.25, 0.3) is 5.69 Å². The van der Waals surface area contributed by atoms with Crippen LogP contribution in [0.1, 0.15) is 5.56 Å². The monoisotopic (exact) mass is 223 g/mol. The summed E-state index contributed by atoms with van der Waals surface area (Å²) in [5, 5.41) is 10.4. The molecule has 0 fully saturated rings. The van der Waals surface area contributed by atoms with Crippen molar-refractivity contribution in [2.75, 3.05) is 0 Å². The van der Waals surface area contributed by atoms with Gasteiger partial charge in [0, 0.05) is 46.1 Å². The molecule has 0 aromatic heterocycles. The topological polar surface area (TPSA) is 83.3 Å². The van der Waals surface area contributed by atoms with E-state index in [0.717, 1.165) is 6.07 Å². The second-order valence-electron chi connectivity index (χ2n) is 2.44. The van der Waals surface area contributed by atoms with E-state index >= 15 is 0 Å². The molecule has 0 amide bonds. The first-order chi connectivity index (χ1) is 6.02. The minimum Gasteiger partial charge on any atom is -0.768 e. The summed E-state index contributed by atoms with van der Waals surface area (Å²) < 4.78 is 20.9. The van der Waals surface area contributed by atoms with Crippen LogP contribution in [0.4, 0.5) is 5.69 Å². The Morgan fingerprint density at radius 2 is 2.00 bits per heavy atom. The van der Waals surface area contributed by atoms with Crippen molar-refractivity contribution < 1.29 is 13.7 Å². The number of nitro groups is 1. The number of rotatable bonds is 2. The number of nitro benzene ring substituents is 1. The average Bonchev–Trinajstić information content (AvgIpc) is 2.04. The zero-order valence-corrected chi connectivity index (χ0v) is 10.5. The van der Waals surface area contributed by atoms with E-state index in [0.29, 0.717) is 5.56 Å². The van der Waals surface area contributed by atoms with Gasteiger partial charge >= 0.3 is 0 Å². The van der Waals surface area contributed by atoms with Gasteiger partial charge in [-0.1, -0.05) is 6.07 Å². The normalized spacial score (nSPS) is 11.6. The molecule has 0 aliphatic rings. The van der Waals surface area contributed by atoms with Crippen LogP contribution in [0.15, 0.2) is 23.1 Å². The van der Waals surface area contributed by atoms with E-state index < -0.39 is 16.0 Å². The van der Waals surface area contributed by atoms with Crippen molar-refractivity contribution in [1.29, 1.82) is 0 Å². The van der Waals surface area contributed by atoms with Gasteiger partial charge in [-0.25, -0.2) is 0 Å². The summed E-state index contributed by atoms with van der Waals surface area (Å²) in [4.78, 5) is 9.72. The molecular formula is C7H6NNaO4S-. The summed E-state index contributed by atoms with van der Waals surface area (Å²) in [5.74, 6) is 0. The van der Waals surface area contributed by atoms with Crippen molar-refractivity contribution in [3.05, 3.63) is 33.9 Å². The Hall–Kier alpha value is -0.270. The van der Waals surface area contributed by atoms with E-state index in [2.05, 4.69) is 0 Å². The molecule has 0 spiro atoms. The fourth-order valence-corrected chi connectivity index (χ4v) is 1.28. The third-order valence-corrected chi connectivity index (χ3v) is 2.21. The molecule has 1 radical (unpaired) electrons. The van der Waals surface area contributed by atoms with E-state index in [1.807, 2.05) is 0 Å². The van der Waals surface area contributed by atoms with Gasteiger partial charge in [-0.3, -0.25) is 14.3 Å². The summed E-state index contributed by atoms with van der Waals surface area (Å²) in [5.41, 5.74) is 0.265. The molecule has 1 atom stereocenters. The standard InChI is InChI=1S/C7H7NO4S.Na/c1-5-2-3-6(13(11)12)4-7(5)8(9)10;/h2-4H,1H3,(H,11,12);/p-1. The summed E-state index contributed by atoms with van der Waals surface area (Å²) in [6.45, 7) is 1.55. The van der Waals surface area contributed by atoms with E-state index in [-0.39, 0.29) is 40.1 Å². The molecule has 1 unspecified atom stereocenters. The molecule has 7 heteroatoms. The van der Waals surface area contributed by atoms with Crippen molar-refractivity contribution in [2.24, 2.45) is 0 Å². The minimum atomic E-state index is -2.42. The molecule has 1 rings (SSSR count). The molecule has 14 heavy (non-hydrogen) atoms. The number of aryl methyl sites for hydroxylation is 1. The molecule has 0 aliphatic heterocycles. The molecule has 0 bridgehead atoms. The van der Waals surface area contributed by atoms with Crippen LogP contribution in [0, 0.1) is 17.0 Å². The number of benzene rings is 1. The van der Waals surface area contributed by atoms with Crippen LogP contribution in [-0.4, -0.2) is 43.2 Å². The predicted octanol–water partition coefficient (Wildman–Crippen LogP) is 0.760. The van der Waals surface area contributed by atoms with E-state index in [1.165, 1.54) is 12.1 Å². The molecular weight excluding hydrogens is 217 g/mol. The summed E-state index contributed by atoms with van der Waals surface area (Å²) in [6.07, 6.45) is 0. The first-order valence-electron chi connectivity index (χ1n) is 3.36. The van der Waals surface area contributed by atoms with Crippen LogP contribution in [0.3, 0.4) is 0 Å². The van der Waals surface area contributed by atoms with E-state index in [1.54, 1.807) is 6.92 Å². The number of hydrogen-bond donors (Lipinski definition) is 0. The van der Waals surface area contributed by atoms with Crippen molar-refractivity contribution in [2.45, 2.75) is 11.8 Å². The third-order valence-electron chi connectivity index (χ3n) is 1.57. The van der Waals surface area contributed by atoms with Crippen molar-refractivity contribution in [3.8, 4) is 0 Å². The van der Waals surface area contributed by atoms with Gasteiger partial charge in [-0.05, 0) is 24.1 Å². The van der Waals surface area contributed by atoms with Gasteiger partial charge < -0.3 is 4.55 Å². The predicted molar refractivity (Wildman–Crippen MR) is 50.8 cm³/mol. The molecule has 1 aromatic rings. The Balaban J connectivity index is 0.00000169. The second kappa shape index (κ2) is 5.57. The van der Waals surface area contributed by atoms with Gasteiger partial charge in [-0.15, -0.1) is 0 Å². The SMILES string of the molecule is Cc1ccc(S(=O)[O-])cc1[N+](=O)[O-].[Na]. The van der Waals surface area contributed by atoms with Crippen LogP contribution in [0.25, 0.3) is 0 Å². The van der Waals surface area contributed by atoms with Crippen molar-refractivity contribution in [1.82, 2.24) is 0 Å². The smallest absolute Gasteiger partial charge is 0.273 e. The number of hydrogen-bond acceptors (Lipinski definition) is 4. The Morgan fingerprint density at radius 1 is 1.43 bits per heavy atom. The Bertz CT molecular complexity index is 382. The molecule has 0 N–H and O–H groups in total. The van der Waals surface area contributed by atoms with Gasteiger partial charge in [-0.2, -0.15) is 0 Å². The van der Waals surface area contributed by atoms with Crippen molar-refractivity contribution >= 4 is 46.3 Å². The van der Waals surface area contributed by atoms with Crippen LogP contribution in [-0.2, 0) is 11.1 Å². The zero-order valence-electron chi connectivity index (χ0n) is 7.72. The number of nitrogens with zero attached hydrogens (tertiary/aromatic N) is 1.